The van der Waals surface area contributed by atoms with Crippen molar-refractivity contribution in [3.05, 3.63) is 51.4 Å². The van der Waals surface area contributed by atoms with E-state index in [2.05, 4.69) is 15.5 Å². The van der Waals surface area contributed by atoms with Gasteiger partial charge in [0.2, 0.25) is 5.43 Å². The molecule has 3 aromatic rings. The van der Waals surface area contributed by atoms with E-state index in [4.69, 9.17) is 11.6 Å². The first kappa shape index (κ1) is 15.2. The summed E-state index contributed by atoms with van der Waals surface area (Å²) in [6.07, 6.45) is 1.74. The molecule has 1 amide bonds. The summed E-state index contributed by atoms with van der Waals surface area (Å²) in [5, 5.41) is 11.6. The number of carbonyl (C=O) groups is 1. The quantitative estimate of drug-likeness (QED) is 0.796. The molecule has 0 aliphatic rings. The van der Waals surface area contributed by atoms with Crippen LogP contribution in [0.25, 0.3) is 10.9 Å². The number of aromatic nitrogens is 4. The third-order valence-corrected chi connectivity index (χ3v) is 3.67. The zero-order chi connectivity index (χ0) is 16.6. The fourth-order valence-corrected chi connectivity index (χ4v) is 2.45. The van der Waals surface area contributed by atoms with E-state index in [9.17, 15) is 9.59 Å². The number of amides is 1. The van der Waals surface area contributed by atoms with Gasteiger partial charge in [-0.05, 0) is 25.1 Å². The number of halogens is 1. The number of nitrogens with one attached hydrogen (secondary N) is 1. The molecule has 0 saturated heterocycles. The Bertz CT molecular complexity index is 960. The summed E-state index contributed by atoms with van der Waals surface area (Å²) in [7, 11) is 1.66. The van der Waals surface area contributed by atoms with Crippen molar-refractivity contribution < 1.29 is 4.79 Å². The molecule has 7 nitrogen and oxygen atoms in total. The van der Waals surface area contributed by atoms with Crippen LogP contribution in [0.2, 0.25) is 5.02 Å². The Labute approximate surface area is 136 Å². The van der Waals surface area contributed by atoms with E-state index < -0.39 is 11.3 Å². The number of rotatable bonds is 3. The van der Waals surface area contributed by atoms with Crippen LogP contribution in [-0.2, 0) is 13.6 Å². The van der Waals surface area contributed by atoms with Gasteiger partial charge >= 0.3 is 0 Å². The van der Waals surface area contributed by atoms with Crippen LogP contribution in [-0.4, -0.2) is 25.5 Å². The number of hydrogen-bond donors (Lipinski definition) is 1. The van der Waals surface area contributed by atoms with Gasteiger partial charge in [0, 0.05) is 30.9 Å². The van der Waals surface area contributed by atoms with Gasteiger partial charge in [-0.25, -0.2) is 0 Å². The summed E-state index contributed by atoms with van der Waals surface area (Å²) in [6, 6.07) is 6.55. The highest BCUT2D eigenvalue weighted by molar-refractivity contribution is 6.31. The fraction of sp³-hybridized carbons (Fsp3) is 0.200. The Morgan fingerprint density at radius 3 is 2.78 bits per heavy atom. The first-order valence-corrected chi connectivity index (χ1v) is 7.38. The molecule has 118 valence electrons. The molecule has 0 saturated carbocycles. The van der Waals surface area contributed by atoms with E-state index >= 15 is 0 Å². The molecule has 2 aromatic heterocycles. The van der Waals surface area contributed by atoms with E-state index in [-0.39, 0.29) is 5.69 Å². The third kappa shape index (κ3) is 2.83. The number of nitrogens with zero attached hydrogens (tertiary/aromatic N) is 4. The molecule has 3 rings (SSSR count). The Kier molecular flexibility index (Phi) is 3.87. The molecule has 2 heterocycles. The third-order valence-electron chi connectivity index (χ3n) is 3.44. The molecule has 0 aliphatic carbocycles. The smallest absolute Gasteiger partial charge is 0.281 e. The number of anilines is 1. The first-order valence-electron chi connectivity index (χ1n) is 7.01. The van der Waals surface area contributed by atoms with Gasteiger partial charge in [-0.2, -0.15) is 10.2 Å². The Morgan fingerprint density at radius 1 is 1.30 bits per heavy atom. The second-order valence-electron chi connectivity index (χ2n) is 4.97. The Balaban J connectivity index is 2.03. The second-order valence-corrected chi connectivity index (χ2v) is 5.41. The van der Waals surface area contributed by atoms with Crippen molar-refractivity contribution in [1.29, 1.82) is 0 Å². The van der Waals surface area contributed by atoms with Crippen molar-refractivity contribution in [2.75, 3.05) is 5.32 Å². The molecule has 0 aliphatic heterocycles. The molecule has 0 spiro atoms. The van der Waals surface area contributed by atoms with Crippen LogP contribution in [0.5, 0.6) is 0 Å². The highest BCUT2D eigenvalue weighted by atomic mass is 35.5. The van der Waals surface area contributed by atoms with Gasteiger partial charge in [0.25, 0.3) is 5.91 Å². The largest absolute Gasteiger partial charge is 0.304 e. The van der Waals surface area contributed by atoms with Gasteiger partial charge in [-0.1, -0.05) is 11.6 Å². The van der Waals surface area contributed by atoms with Crippen molar-refractivity contribution in [2.45, 2.75) is 13.5 Å². The molecule has 0 radical (unpaired) electrons. The van der Waals surface area contributed by atoms with Gasteiger partial charge in [0.05, 0.1) is 10.9 Å². The van der Waals surface area contributed by atoms with Crippen LogP contribution in [0, 0.1) is 0 Å². The van der Waals surface area contributed by atoms with Gasteiger partial charge in [-0.3, -0.25) is 19.0 Å². The topological polar surface area (TPSA) is 81.8 Å². The standard InChI is InChI=1S/C15H14ClN5O2/c1-3-21-7-6-12(18-21)17-15(23)13-14(22)10-8-9(16)4-5-11(10)20(2)19-13/h4-8H,3H2,1-2H3,(H,17,18,23). The number of hydrogen-bond acceptors (Lipinski definition) is 4. The number of benzene rings is 1. The lowest BCUT2D eigenvalue weighted by atomic mass is 10.2. The zero-order valence-corrected chi connectivity index (χ0v) is 13.3. The molecule has 0 unspecified atom stereocenters. The highest BCUT2D eigenvalue weighted by Crippen LogP contribution is 2.16. The molecule has 0 atom stereocenters. The maximum atomic E-state index is 12.5. The highest BCUT2D eigenvalue weighted by Gasteiger charge is 2.17. The maximum Gasteiger partial charge on any atom is 0.281 e. The minimum Gasteiger partial charge on any atom is -0.304 e. The average molecular weight is 332 g/mol. The number of fused-ring (bicyclic) bond motifs is 1. The summed E-state index contributed by atoms with van der Waals surface area (Å²) in [5.41, 5.74) is -0.0625. The lowest BCUT2D eigenvalue weighted by Crippen LogP contribution is -2.26. The normalized spacial score (nSPS) is 10.9. The van der Waals surface area contributed by atoms with Gasteiger partial charge in [0.1, 0.15) is 0 Å². The summed E-state index contributed by atoms with van der Waals surface area (Å²) < 4.78 is 3.15. The predicted octanol–water partition coefficient (Wildman–Crippen LogP) is 2.06. The van der Waals surface area contributed by atoms with Gasteiger partial charge in [-0.15, -0.1) is 0 Å². The van der Waals surface area contributed by atoms with Crippen molar-refractivity contribution in [3.63, 3.8) is 0 Å². The maximum absolute atomic E-state index is 12.5. The van der Waals surface area contributed by atoms with Crippen molar-refractivity contribution >= 4 is 34.2 Å². The van der Waals surface area contributed by atoms with Crippen molar-refractivity contribution in [2.24, 2.45) is 7.05 Å². The molecular formula is C15H14ClN5O2. The fourth-order valence-electron chi connectivity index (χ4n) is 2.28. The zero-order valence-electron chi connectivity index (χ0n) is 12.6. The van der Waals surface area contributed by atoms with Crippen LogP contribution < -0.4 is 10.7 Å². The van der Waals surface area contributed by atoms with Crippen molar-refractivity contribution in [1.82, 2.24) is 19.6 Å². The Hall–Kier alpha value is -2.67. The number of aryl methyl sites for hydroxylation is 2. The Morgan fingerprint density at radius 2 is 2.09 bits per heavy atom. The molecule has 1 N–H and O–H groups in total. The monoisotopic (exact) mass is 331 g/mol. The van der Waals surface area contributed by atoms with Crippen LogP contribution in [0.15, 0.2) is 35.3 Å². The summed E-state index contributed by atoms with van der Waals surface area (Å²) in [5.74, 6) is -0.235. The van der Waals surface area contributed by atoms with Crippen LogP contribution in [0.3, 0.4) is 0 Å². The van der Waals surface area contributed by atoms with E-state index in [0.717, 1.165) is 0 Å². The predicted molar refractivity (Wildman–Crippen MR) is 87.8 cm³/mol. The second kappa shape index (κ2) is 5.85. The van der Waals surface area contributed by atoms with Crippen LogP contribution in [0.1, 0.15) is 17.4 Å². The average Bonchev–Trinajstić information content (AvgIpc) is 2.98. The SMILES string of the molecule is CCn1ccc(NC(=O)c2nn(C)c3ccc(Cl)cc3c2=O)n1. The number of carbonyl (C=O) groups excluding carboxylic acids is 1. The summed E-state index contributed by atoms with van der Waals surface area (Å²) in [4.78, 5) is 24.8. The molecule has 0 fully saturated rings. The molecular weight excluding hydrogens is 318 g/mol. The minimum atomic E-state index is -0.603. The first-order chi connectivity index (χ1) is 11.0. The van der Waals surface area contributed by atoms with E-state index in [1.807, 2.05) is 6.92 Å². The van der Waals surface area contributed by atoms with Gasteiger partial charge < -0.3 is 5.32 Å². The molecule has 23 heavy (non-hydrogen) atoms. The van der Waals surface area contributed by atoms with E-state index in [1.54, 1.807) is 36.1 Å². The van der Waals surface area contributed by atoms with E-state index in [0.29, 0.717) is 28.3 Å². The summed E-state index contributed by atoms with van der Waals surface area (Å²) >= 11 is 5.94. The molecule has 8 heteroatoms. The minimum absolute atomic E-state index is 0.201. The van der Waals surface area contributed by atoms with Crippen LogP contribution >= 0.6 is 11.6 Å². The van der Waals surface area contributed by atoms with Crippen molar-refractivity contribution in [3.8, 4) is 0 Å². The lowest BCUT2D eigenvalue weighted by Gasteiger charge is -2.07. The molecule has 1 aromatic carbocycles. The van der Waals surface area contributed by atoms with Crippen LogP contribution in [0.4, 0.5) is 5.82 Å². The molecule has 0 bridgehead atoms. The van der Waals surface area contributed by atoms with Gasteiger partial charge in [0.15, 0.2) is 11.5 Å². The van der Waals surface area contributed by atoms with E-state index in [1.165, 1.54) is 10.7 Å². The summed E-state index contributed by atoms with van der Waals surface area (Å²) in [6.45, 7) is 2.62. The lowest BCUT2D eigenvalue weighted by molar-refractivity contribution is 0.101.